The lowest BCUT2D eigenvalue weighted by Gasteiger charge is -2.12. The quantitative estimate of drug-likeness (QED) is 0.747. The fraction of sp³-hybridized carbons (Fsp3) is 0.316. The van der Waals surface area contributed by atoms with Gasteiger partial charge in [0.25, 0.3) is 5.56 Å². The first-order chi connectivity index (χ1) is 12.3. The van der Waals surface area contributed by atoms with Crippen LogP contribution < -0.4 is 10.3 Å². The molecule has 136 valence electrons. The van der Waals surface area contributed by atoms with Gasteiger partial charge in [-0.25, -0.2) is 8.42 Å². The Hall–Kier alpha value is -2.54. The number of benzene rings is 1. The Balaban J connectivity index is 1.93. The van der Waals surface area contributed by atoms with E-state index in [2.05, 4.69) is 4.98 Å². The minimum Gasteiger partial charge on any atom is -0.493 e. The highest BCUT2D eigenvalue weighted by Gasteiger charge is 2.24. The third-order valence-corrected chi connectivity index (χ3v) is 5.85. The van der Waals surface area contributed by atoms with Crippen LogP contribution in [0.25, 0.3) is 22.0 Å². The number of nitrogens with one attached hydrogen (secondary N) is 1. The average Bonchev–Trinajstić information content (AvgIpc) is 3.35. The maximum atomic E-state index is 12.2. The molecule has 0 bridgehead atoms. The van der Waals surface area contributed by atoms with E-state index in [4.69, 9.17) is 4.74 Å². The third-order valence-electron chi connectivity index (χ3n) is 4.74. The second-order valence-corrected chi connectivity index (χ2v) is 8.92. The normalized spacial score (nSPS) is 14.7. The Labute approximate surface area is 151 Å². The molecule has 0 aliphatic heterocycles. The van der Waals surface area contributed by atoms with Gasteiger partial charge in [-0.15, -0.1) is 0 Å². The van der Waals surface area contributed by atoms with Crippen molar-refractivity contribution in [1.82, 2.24) is 9.55 Å². The molecule has 1 N–H and O–H groups in total. The summed E-state index contributed by atoms with van der Waals surface area (Å²) in [6.45, 7) is 0.622. The molecule has 1 fully saturated rings. The topological polar surface area (TPSA) is 81.2 Å². The van der Waals surface area contributed by atoms with Gasteiger partial charge in [0, 0.05) is 42.2 Å². The van der Waals surface area contributed by atoms with E-state index in [0.717, 1.165) is 10.9 Å². The van der Waals surface area contributed by atoms with E-state index in [-0.39, 0.29) is 10.5 Å². The van der Waals surface area contributed by atoms with Crippen molar-refractivity contribution in [1.29, 1.82) is 0 Å². The number of aryl methyl sites for hydroxylation is 1. The van der Waals surface area contributed by atoms with Crippen LogP contribution in [-0.2, 0) is 16.9 Å². The molecular formula is C19H20N2O4S. The van der Waals surface area contributed by atoms with E-state index in [9.17, 15) is 13.2 Å². The van der Waals surface area contributed by atoms with Gasteiger partial charge in [0.15, 0.2) is 9.84 Å². The van der Waals surface area contributed by atoms with Crippen LogP contribution in [0.3, 0.4) is 0 Å². The monoisotopic (exact) mass is 372 g/mol. The summed E-state index contributed by atoms with van der Waals surface area (Å²) in [7, 11) is -1.56. The number of aromatic amines is 1. The Morgan fingerprint density at radius 2 is 2.00 bits per heavy atom. The van der Waals surface area contributed by atoms with Crippen molar-refractivity contribution in [2.45, 2.75) is 17.7 Å². The van der Waals surface area contributed by atoms with Gasteiger partial charge < -0.3 is 14.3 Å². The summed E-state index contributed by atoms with van der Waals surface area (Å²) in [6.07, 6.45) is 6.95. The summed E-state index contributed by atoms with van der Waals surface area (Å²) in [5.41, 5.74) is 1.83. The molecular weight excluding hydrogens is 352 g/mol. The summed E-state index contributed by atoms with van der Waals surface area (Å²) in [6, 6.07) is 6.73. The summed E-state index contributed by atoms with van der Waals surface area (Å²) < 4.78 is 31.8. The van der Waals surface area contributed by atoms with Gasteiger partial charge in [0.05, 0.1) is 11.5 Å². The predicted molar refractivity (Wildman–Crippen MR) is 100 cm³/mol. The van der Waals surface area contributed by atoms with Gasteiger partial charge in [-0.2, -0.15) is 0 Å². The van der Waals surface area contributed by atoms with E-state index >= 15 is 0 Å². The minimum absolute atomic E-state index is 0.184. The van der Waals surface area contributed by atoms with Crippen molar-refractivity contribution in [3.05, 3.63) is 47.0 Å². The molecule has 2 heterocycles. The largest absolute Gasteiger partial charge is 0.493 e. The first-order valence-corrected chi connectivity index (χ1v) is 10.4. The van der Waals surface area contributed by atoms with Crippen LogP contribution in [0.1, 0.15) is 12.8 Å². The van der Waals surface area contributed by atoms with Gasteiger partial charge in [0.2, 0.25) is 0 Å². The molecule has 26 heavy (non-hydrogen) atoms. The number of aromatic nitrogens is 2. The molecule has 0 spiro atoms. The van der Waals surface area contributed by atoms with Crippen molar-refractivity contribution < 1.29 is 13.2 Å². The molecule has 0 unspecified atom stereocenters. The molecule has 0 atom stereocenters. The molecule has 1 saturated carbocycles. The number of sulfone groups is 1. The highest BCUT2D eigenvalue weighted by molar-refractivity contribution is 7.90. The van der Waals surface area contributed by atoms with Crippen molar-refractivity contribution in [2.24, 2.45) is 13.0 Å². The molecule has 1 aromatic carbocycles. The molecule has 4 rings (SSSR count). The molecule has 3 aromatic rings. The number of H-pyrrole nitrogens is 1. The molecule has 2 aromatic heterocycles. The molecule has 1 aliphatic rings. The third kappa shape index (κ3) is 3.03. The van der Waals surface area contributed by atoms with Crippen LogP contribution in [0.15, 0.2) is 46.3 Å². The highest BCUT2D eigenvalue weighted by atomic mass is 32.2. The van der Waals surface area contributed by atoms with Crippen LogP contribution >= 0.6 is 0 Å². The van der Waals surface area contributed by atoms with E-state index < -0.39 is 9.84 Å². The van der Waals surface area contributed by atoms with Crippen molar-refractivity contribution >= 4 is 20.7 Å². The maximum Gasteiger partial charge on any atom is 0.272 e. The fourth-order valence-corrected chi connectivity index (χ4v) is 3.80. The maximum absolute atomic E-state index is 12.2. The molecule has 7 heteroatoms. The Bertz CT molecular complexity index is 1150. The first kappa shape index (κ1) is 16.9. The predicted octanol–water partition coefficient (Wildman–Crippen LogP) is 2.73. The van der Waals surface area contributed by atoms with Crippen LogP contribution in [-0.4, -0.2) is 30.8 Å². The van der Waals surface area contributed by atoms with Crippen molar-refractivity contribution in [3.8, 4) is 16.9 Å². The number of hydrogen-bond acceptors (Lipinski definition) is 4. The number of fused-ring (bicyclic) bond motifs is 1. The zero-order valence-electron chi connectivity index (χ0n) is 14.7. The van der Waals surface area contributed by atoms with Gasteiger partial charge >= 0.3 is 0 Å². The summed E-state index contributed by atoms with van der Waals surface area (Å²) in [5.74, 6) is 1.21. The van der Waals surface area contributed by atoms with Crippen LogP contribution in [0.4, 0.5) is 0 Å². The van der Waals surface area contributed by atoms with E-state index in [1.807, 2.05) is 12.3 Å². The smallest absolute Gasteiger partial charge is 0.272 e. The Morgan fingerprint density at radius 1 is 1.23 bits per heavy atom. The molecule has 0 amide bonds. The number of ether oxygens (including phenoxy) is 1. The highest BCUT2D eigenvalue weighted by Crippen LogP contribution is 2.38. The standard InChI is InChI=1S/C19H20N2O4S/c1-21-10-16(14-7-8-20-19(22)18(14)21)15-9-13(26(2,23)24)5-6-17(15)25-11-12-3-4-12/h5-10,12H,3-4,11H2,1-2H3,(H,20,22). The SMILES string of the molecule is Cn1cc(-c2cc(S(C)(=O)=O)ccc2OCC2CC2)c2cc[nH]c(=O)c21. The second-order valence-electron chi connectivity index (χ2n) is 6.91. The Kier molecular flexibility index (Phi) is 3.91. The molecule has 0 radical (unpaired) electrons. The lowest BCUT2D eigenvalue weighted by Crippen LogP contribution is -2.07. The second kappa shape index (κ2) is 6.02. The van der Waals surface area contributed by atoms with Gasteiger partial charge in [-0.1, -0.05) is 0 Å². The molecule has 6 nitrogen and oxygen atoms in total. The zero-order valence-corrected chi connectivity index (χ0v) is 15.5. The fourth-order valence-electron chi connectivity index (χ4n) is 3.15. The number of nitrogens with zero attached hydrogens (tertiary/aromatic N) is 1. The minimum atomic E-state index is -3.35. The number of hydrogen-bond donors (Lipinski definition) is 1. The van der Waals surface area contributed by atoms with Crippen LogP contribution in [0.5, 0.6) is 5.75 Å². The van der Waals surface area contributed by atoms with Gasteiger partial charge in [-0.05, 0) is 43.0 Å². The van der Waals surface area contributed by atoms with Crippen LogP contribution in [0, 0.1) is 5.92 Å². The molecule has 0 saturated heterocycles. The lowest BCUT2D eigenvalue weighted by atomic mass is 10.0. The van der Waals surface area contributed by atoms with Crippen molar-refractivity contribution in [3.63, 3.8) is 0 Å². The lowest BCUT2D eigenvalue weighted by molar-refractivity contribution is 0.301. The van der Waals surface area contributed by atoms with E-state index in [1.54, 1.807) is 36.0 Å². The van der Waals surface area contributed by atoms with Crippen LogP contribution in [0.2, 0.25) is 0 Å². The number of pyridine rings is 1. The van der Waals surface area contributed by atoms with Gasteiger partial charge in [0.1, 0.15) is 11.3 Å². The summed E-state index contributed by atoms with van der Waals surface area (Å²) >= 11 is 0. The summed E-state index contributed by atoms with van der Waals surface area (Å²) in [5, 5.41) is 0.762. The first-order valence-electron chi connectivity index (χ1n) is 8.48. The Morgan fingerprint density at radius 3 is 2.69 bits per heavy atom. The van der Waals surface area contributed by atoms with Crippen molar-refractivity contribution in [2.75, 3.05) is 12.9 Å². The molecule has 1 aliphatic carbocycles. The van der Waals surface area contributed by atoms with E-state index in [0.29, 0.717) is 29.4 Å². The summed E-state index contributed by atoms with van der Waals surface area (Å²) in [4.78, 5) is 15.1. The zero-order chi connectivity index (χ0) is 18.5. The van der Waals surface area contributed by atoms with E-state index in [1.165, 1.54) is 19.1 Å². The van der Waals surface area contributed by atoms with Gasteiger partial charge in [-0.3, -0.25) is 4.79 Å². The number of rotatable bonds is 5. The average molecular weight is 372 g/mol.